The number of hydrogen-bond acceptors (Lipinski definition) is 9. The summed E-state index contributed by atoms with van der Waals surface area (Å²) in [5.74, 6) is -3.83. The summed E-state index contributed by atoms with van der Waals surface area (Å²) in [5.41, 5.74) is -1.28. The van der Waals surface area contributed by atoms with Crippen molar-refractivity contribution in [2.45, 2.75) is 130 Å². The Morgan fingerprint density at radius 3 is 2.08 bits per heavy atom. The standard InChI is InChI=1S/C28H50O9/c1-10-21-15(4)24(31)16(5)23(30)13(2)12-28(9,34)18(7)14(3)26(17(6)27(33)36-21)37-22-11-20(29)25(32)19(8)35-22/h13-22,24-26,29,31-32,34H,10-12H2,1-9H3. The van der Waals surface area contributed by atoms with Gasteiger partial charge < -0.3 is 34.6 Å². The first-order chi connectivity index (χ1) is 17.0. The highest BCUT2D eigenvalue weighted by molar-refractivity contribution is 5.83. The van der Waals surface area contributed by atoms with Gasteiger partial charge in [-0.25, -0.2) is 0 Å². The Bertz CT molecular complexity index is 759. The molecule has 0 aromatic rings. The molecule has 0 radical (unpaired) electrons. The van der Waals surface area contributed by atoms with Crippen molar-refractivity contribution in [1.29, 1.82) is 0 Å². The number of aliphatic hydroxyl groups is 4. The molecule has 0 bridgehead atoms. The Hall–Kier alpha value is -1.10. The summed E-state index contributed by atoms with van der Waals surface area (Å²) in [5, 5.41) is 42.8. The maximum atomic E-state index is 13.4. The zero-order chi connectivity index (χ0) is 28.4. The van der Waals surface area contributed by atoms with E-state index in [9.17, 15) is 30.0 Å². The molecule has 9 heteroatoms. The molecule has 0 aromatic heterocycles. The van der Waals surface area contributed by atoms with Crippen LogP contribution in [0, 0.1) is 35.5 Å². The lowest BCUT2D eigenvalue weighted by atomic mass is 9.71. The first-order valence-corrected chi connectivity index (χ1v) is 13.8. The smallest absolute Gasteiger partial charge is 0.311 e. The van der Waals surface area contributed by atoms with E-state index in [2.05, 4.69) is 0 Å². The highest BCUT2D eigenvalue weighted by atomic mass is 16.7. The molecule has 14 unspecified atom stereocenters. The van der Waals surface area contributed by atoms with Gasteiger partial charge in [0, 0.05) is 24.2 Å². The van der Waals surface area contributed by atoms with Gasteiger partial charge in [0.25, 0.3) is 0 Å². The summed E-state index contributed by atoms with van der Waals surface area (Å²) in [4.78, 5) is 26.6. The van der Waals surface area contributed by atoms with Crippen molar-refractivity contribution in [2.24, 2.45) is 35.5 Å². The summed E-state index contributed by atoms with van der Waals surface area (Å²) >= 11 is 0. The van der Waals surface area contributed by atoms with Crippen molar-refractivity contribution in [1.82, 2.24) is 0 Å². The van der Waals surface area contributed by atoms with Crippen molar-refractivity contribution >= 4 is 11.8 Å². The highest BCUT2D eigenvalue weighted by Gasteiger charge is 2.46. The minimum absolute atomic E-state index is 0.0332. The molecule has 2 aliphatic rings. The number of hydrogen-bond donors (Lipinski definition) is 4. The van der Waals surface area contributed by atoms with E-state index in [-0.39, 0.29) is 24.5 Å². The number of esters is 1. The second-order valence-corrected chi connectivity index (χ2v) is 12.0. The van der Waals surface area contributed by atoms with E-state index < -0.39 is 84.1 Å². The molecule has 0 amide bonds. The molecule has 4 N–H and O–H groups in total. The van der Waals surface area contributed by atoms with Gasteiger partial charge in [-0.05, 0) is 45.4 Å². The van der Waals surface area contributed by atoms with E-state index in [0.717, 1.165) is 0 Å². The predicted molar refractivity (Wildman–Crippen MR) is 137 cm³/mol. The third-order valence-corrected chi connectivity index (χ3v) is 9.10. The first-order valence-electron chi connectivity index (χ1n) is 13.8. The molecule has 0 spiro atoms. The maximum Gasteiger partial charge on any atom is 0.311 e. The minimum Gasteiger partial charge on any atom is -0.462 e. The summed E-state index contributed by atoms with van der Waals surface area (Å²) in [6.07, 6.45) is -5.27. The van der Waals surface area contributed by atoms with Gasteiger partial charge >= 0.3 is 5.97 Å². The monoisotopic (exact) mass is 530 g/mol. The molecule has 37 heavy (non-hydrogen) atoms. The van der Waals surface area contributed by atoms with Crippen LogP contribution in [0.3, 0.4) is 0 Å². The Balaban J connectivity index is 2.46. The maximum absolute atomic E-state index is 13.4. The zero-order valence-electron chi connectivity index (χ0n) is 24.0. The van der Waals surface area contributed by atoms with E-state index in [1.165, 1.54) is 0 Å². The number of Topliss-reactive ketones (excluding diaryl/α,β-unsaturated/α-hetero) is 1. The summed E-state index contributed by atoms with van der Waals surface area (Å²) in [6, 6.07) is 0. The first kappa shape index (κ1) is 32.1. The minimum atomic E-state index is -1.28. The molecular formula is C28H50O9. The Morgan fingerprint density at radius 2 is 1.54 bits per heavy atom. The van der Waals surface area contributed by atoms with Gasteiger partial charge in [-0.15, -0.1) is 0 Å². The van der Waals surface area contributed by atoms with Crippen molar-refractivity contribution in [3.63, 3.8) is 0 Å². The molecule has 2 saturated heterocycles. The van der Waals surface area contributed by atoms with E-state index in [0.29, 0.717) is 6.42 Å². The molecule has 2 heterocycles. The summed E-state index contributed by atoms with van der Waals surface area (Å²) < 4.78 is 18.0. The van der Waals surface area contributed by atoms with Crippen LogP contribution in [0.4, 0.5) is 0 Å². The molecule has 0 saturated carbocycles. The third-order valence-electron chi connectivity index (χ3n) is 9.10. The number of rotatable bonds is 3. The average molecular weight is 531 g/mol. The van der Waals surface area contributed by atoms with Gasteiger partial charge in [0.05, 0.1) is 35.9 Å². The normalized spacial score (nSPS) is 49.3. The lowest BCUT2D eigenvalue weighted by molar-refractivity contribution is -0.273. The Kier molecular flexibility index (Phi) is 11.1. The number of ether oxygens (including phenoxy) is 3. The van der Waals surface area contributed by atoms with Crippen LogP contribution in [-0.4, -0.2) is 80.7 Å². The van der Waals surface area contributed by atoms with Crippen LogP contribution in [0.1, 0.15) is 81.6 Å². The van der Waals surface area contributed by atoms with Crippen LogP contribution in [-0.2, 0) is 23.8 Å². The molecule has 14 atom stereocenters. The van der Waals surface area contributed by atoms with Gasteiger partial charge in [-0.2, -0.15) is 0 Å². The van der Waals surface area contributed by atoms with Gasteiger partial charge in [0.15, 0.2) is 6.29 Å². The number of carbonyl (C=O) groups is 2. The van der Waals surface area contributed by atoms with Crippen molar-refractivity contribution in [3.05, 3.63) is 0 Å². The van der Waals surface area contributed by atoms with Crippen molar-refractivity contribution < 1.29 is 44.2 Å². The fourth-order valence-corrected chi connectivity index (χ4v) is 5.99. The van der Waals surface area contributed by atoms with Crippen LogP contribution < -0.4 is 0 Å². The van der Waals surface area contributed by atoms with Crippen LogP contribution in [0.25, 0.3) is 0 Å². The topological polar surface area (TPSA) is 143 Å². The lowest BCUT2D eigenvalue weighted by Gasteiger charge is -2.44. The quantitative estimate of drug-likeness (QED) is 0.405. The van der Waals surface area contributed by atoms with Crippen molar-refractivity contribution in [3.8, 4) is 0 Å². The van der Waals surface area contributed by atoms with Crippen LogP contribution >= 0.6 is 0 Å². The fourth-order valence-electron chi connectivity index (χ4n) is 5.99. The predicted octanol–water partition coefficient (Wildman–Crippen LogP) is 2.45. The molecule has 2 aliphatic heterocycles. The Labute approximate surface area is 221 Å². The zero-order valence-corrected chi connectivity index (χ0v) is 24.0. The van der Waals surface area contributed by atoms with Gasteiger partial charge in [-0.3, -0.25) is 9.59 Å². The van der Waals surface area contributed by atoms with Gasteiger partial charge in [0.2, 0.25) is 0 Å². The molecule has 0 aromatic carbocycles. The summed E-state index contributed by atoms with van der Waals surface area (Å²) in [7, 11) is 0. The fraction of sp³-hybridized carbons (Fsp3) is 0.929. The molecule has 216 valence electrons. The average Bonchev–Trinajstić information content (AvgIpc) is 2.84. The second kappa shape index (κ2) is 12.8. The largest absolute Gasteiger partial charge is 0.462 e. The van der Waals surface area contributed by atoms with Gasteiger partial charge in [0.1, 0.15) is 18.0 Å². The van der Waals surface area contributed by atoms with Crippen LogP contribution in [0.5, 0.6) is 0 Å². The van der Waals surface area contributed by atoms with Crippen molar-refractivity contribution in [2.75, 3.05) is 0 Å². The third kappa shape index (κ3) is 7.31. The molecule has 9 nitrogen and oxygen atoms in total. The number of carbonyl (C=O) groups excluding carboxylic acids is 2. The van der Waals surface area contributed by atoms with E-state index in [1.807, 2.05) is 20.8 Å². The van der Waals surface area contributed by atoms with Crippen LogP contribution in [0.15, 0.2) is 0 Å². The molecular weight excluding hydrogens is 480 g/mol. The van der Waals surface area contributed by atoms with E-state index >= 15 is 0 Å². The molecule has 0 aliphatic carbocycles. The number of ketones is 1. The number of cyclic esters (lactones) is 1. The summed E-state index contributed by atoms with van der Waals surface area (Å²) in [6.45, 7) is 15.9. The van der Waals surface area contributed by atoms with Gasteiger partial charge in [-0.1, -0.05) is 41.5 Å². The second-order valence-electron chi connectivity index (χ2n) is 12.0. The van der Waals surface area contributed by atoms with Crippen LogP contribution in [0.2, 0.25) is 0 Å². The van der Waals surface area contributed by atoms with E-state index in [4.69, 9.17) is 14.2 Å². The number of aliphatic hydroxyl groups excluding tert-OH is 3. The highest BCUT2D eigenvalue weighted by Crippen LogP contribution is 2.38. The lowest BCUT2D eigenvalue weighted by Crippen LogP contribution is -2.52. The molecule has 2 rings (SSSR count). The molecule has 2 fully saturated rings. The SMILES string of the molecule is CCC1OC(=O)C(C)C(OC2CC(O)C(O)C(C)O2)C(C)C(C)C(C)(O)CC(C)C(=O)C(C)C(O)C1C. The Morgan fingerprint density at radius 1 is 0.946 bits per heavy atom. The van der Waals surface area contributed by atoms with E-state index in [1.54, 1.807) is 41.5 Å².